The van der Waals surface area contributed by atoms with Crippen LogP contribution in [0.3, 0.4) is 0 Å². The summed E-state index contributed by atoms with van der Waals surface area (Å²) in [6.45, 7) is 4.28. The zero-order valence-corrected chi connectivity index (χ0v) is 12.9. The van der Waals surface area contributed by atoms with Gasteiger partial charge in [-0.25, -0.2) is 0 Å². The van der Waals surface area contributed by atoms with Crippen molar-refractivity contribution in [2.24, 2.45) is 11.7 Å². The summed E-state index contributed by atoms with van der Waals surface area (Å²) in [6.07, 6.45) is 7.57. The summed E-state index contributed by atoms with van der Waals surface area (Å²) < 4.78 is 11.2. The SMILES string of the molecule is COC1(c2noc(C(N)CC(C)C)n2)CCCCCC1. The molecule has 114 valence electrons. The molecule has 1 unspecified atom stereocenters. The zero-order valence-electron chi connectivity index (χ0n) is 12.9. The normalized spacial score (nSPS) is 20.9. The summed E-state index contributed by atoms with van der Waals surface area (Å²) >= 11 is 0. The topological polar surface area (TPSA) is 74.2 Å². The molecule has 0 aliphatic heterocycles. The molecule has 0 radical (unpaired) electrons. The fraction of sp³-hybridized carbons (Fsp3) is 0.867. The standard InChI is InChI=1S/C15H27N3O2/c1-11(2)10-12(16)13-17-14(18-20-13)15(19-3)8-6-4-5-7-9-15/h11-12H,4-10,16H2,1-3H3. The molecule has 0 saturated heterocycles. The number of aromatic nitrogens is 2. The Kier molecular flexibility index (Phi) is 5.16. The first-order valence-electron chi connectivity index (χ1n) is 7.72. The molecule has 1 saturated carbocycles. The molecule has 0 aromatic carbocycles. The van der Waals surface area contributed by atoms with E-state index in [-0.39, 0.29) is 11.6 Å². The minimum atomic E-state index is -0.379. The molecule has 1 fully saturated rings. The largest absolute Gasteiger partial charge is 0.370 e. The molecule has 0 bridgehead atoms. The number of methoxy groups -OCH3 is 1. The molecule has 1 heterocycles. The summed E-state index contributed by atoms with van der Waals surface area (Å²) in [5, 5.41) is 4.16. The average Bonchev–Trinajstić information content (AvgIpc) is 2.78. The van der Waals surface area contributed by atoms with Crippen molar-refractivity contribution in [3.63, 3.8) is 0 Å². The molecule has 2 N–H and O–H groups in total. The van der Waals surface area contributed by atoms with Crippen LogP contribution >= 0.6 is 0 Å². The summed E-state index contributed by atoms with van der Waals surface area (Å²) in [4.78, 5) is 4.54. The van der Waals surface area contributed by atoms with Crippen LogP contribution in [0, 0.1) is 5.92 Å². The maximum Gasteiger partial charge on any atom is 0.243 e. The third-order valence-electron chi connectivity index (χ3n) is 4.19. The van der Waals surface area contributed by atoms with Gasteiger partial charge in [-0.3, -0.25) is 0 Å². The fourth-order valence-corrected chi connectivity index (χ4v) is 3.00. The van der Waals surface area contributed by atoms with Crippen LogP contribution in [0.15, 0.2) is 4.52 Å². The van der Waals surface area contributed by atoms with Gasteiger partial charge in [-0.1, -0.05) is 44.7 Å². The summed E-state index contributed by atoms with van der Waals surface area (Å²) in [7, 11) is 1.75. The summed E-state index contributed by atoms with van der Waals surface area (Å²) in [5.41, 5.74) is 5.74. The number of ether oxygens (including phenoxy) is 1. The van der Waals surface area contributed by atoms with Gasteiger partial charge < -0.3 is 15.0 Å². The van der Waals surface area contributed by atoms with Gasteiger partial charge in [-0.15, -0.1) is 0 Å². The molecule has 0 amide bonds. The van der Waals surface area contributed by atoms with Gasteiger partial charge in [0.1, 0.15) is 5.60 Å². The number of nitrogens with zero attached hydrogens (tertiary/aromatic N) is 2. The van der Waals surface area contributed by atoms with E-state index in [2.05, 4.69) is 24.0 Å². The maximum absolute atomic E-state index is 6.12. The number of rotatable bonds is 5. The van der Waals surface area contributed by atoms with E-state index in [1.165, 1.54) is 12.8 Å². The highest BCUT2D eigenvalue weighted by Gasteiger charge is 2.38. The lowest BCUT2D eigenvalue weighted by molar-refractivity contribution is -0.0365. The third-order valence-corrected chi connectivity index (χ3v) is 4.19. The van der Waals surface area contributed by atoms with Gasteiger partial charge in [0.2, 0.25) is 11.7 Å². The van der Waals surface area contributed by atoms with E-state index in [1.54, 1.807) is 7.11 Å². The van der Waals surface area contributed by atoms with Gasteiger partial charge in [0.15, 0.2) is 0 Å². The first kappa shape index (κ1) is 15.4. The predicted molar refractivity (Wildman–Crippen MR) is 77.1 cm³/mol. The molecule has 1 aromatic heterocycles. The average molecular weight is 281 g/mol. The Morgan fingerprint density at radius 3 is 2.45 bits per heavy atom. The smallest absolute Gasteiger partial charge is 0.243 e. The van der Waals surface area contributed by atoms with Gasteiger partial charge >= 0.3 is 0 Å². The molecular weight excluding hydrogens is 254 g/mol. The van der Waals surface area contributed by atoms with Gasteiger partial charge in [0.05, 0.1) is 6.04 Å². The lowest BCUT2D eigenvalue weighted by atomic mass is 9.93. The minimum Gasteiger partial charge on any atom is -0.370 e. The number of hydrogen-bond donors (Lipinski definition) is 1. The fourth-order valence-electron chi connectivity index (χ4n) is 3.00. The van der Waals surface area contributed by atoms with Crippen LogP contribution in [0.2, 0.25) is 0 Å². The molecule has 1 atom stereocenters. The van der Waals surface area contributed by atoms with Crippen molar-refractivity contribution in [1.82, 2.24) is 10.1 Å². The van der Waals surface area contributed by atoms with Crippen molar-refractivity contribution in [3.8, 4) is 0 Å². The van der Waals surface area contributed by atoms with E-state index in [1.807, 2.05) is 0 Å². The third kappa shape index (κ3) is 3.38. The van der Waals surface area contributed by atoms with Crippen molar-refractivity contribution < 1.29 is 9.26 Å². The Bertz CT molecular complexity index is 409. The molecular formula is C15H27N3O2. The Morgan fingerprint density at radius 1 is 1.25 bits per heavy atom. The van der Waals surface area contributed by atoms with Crippen molar-refractivity contribution in [3.05, 3.63) is 11.7 Å². The Balaban J connectivity index is 2.16. The van der Waals surface area contributed by atoms with Gasteiger partial charge in [-0.2, -0.15) is 4.98 Å². The molecule has 1 aliphatic carbocycles. The second kappa shape index (κ2) is 6.68. The molecule has 0 spiro atoms. The van der Waals surface area contributed by atoms with E-state index in [0.29, 0.717) is 17.6 Å². The van der Waals surface area contributed by atoms with Crippen LogP contribution in [0.4, 0.5) is 0 Å². The number of nitrogens with two attached hydrogens (primary N) is 1. The quantitative estimate of drug-likeness (QED) is 0.838. The second-order valence-corrected chi connectivity index (χ2v) is 6.30. The molecule has 1 aliphatic rings. The maximum atomic E-state index is 6.12. The van der Waals surface area contributed by atoms with E-state index in [0.717, 1.165) is 32.1 Å². The van der Waals surface area contributed by atoms with Crippen LogP contribution in [-0.2, 0) is 10.3 Å². The van der Waals surface area contributed by atoms with Crippen molar-refractivity contribution >= 4 is 0 Å². The van der Waals surface area contributed by atoms with Gasteiger partial charge in [0.25, 0.3) is 0 Å². The zero-order chi connectivity index (χ0) is 14.6. The van der Waals surface area contributed by atoms with Crippen LogP contribution in [0.1, 0.15) is 76.6 Å². The van der Waals surface area contributed by atoms with E-state index in [4.69, 9.17) is 15.0 Å². The summed E-state index contributed by atoms with van der Waals surface area (Å²) in [6, 6.07) is -0.184. The Hall–Kier alpha value is -0.940. The van der Waals surface area contributed by atoms with Crippen LogP contribution < -0.4 is 5.73 Å². The monoisotopic (exact) mass is 281 g/mol. The lowest BCUT2D eigenvalue weighted by Gasteiger charge is -2.27. The van der Waals surface area contributed by atoms with Gasteiger partial charge in [-0.05, 0) is 25.2 Å². The highest BCUT2D eigenvalue weighted by atomic mass is 16.5. The highest BCUT2D eigenvalue weighted by molar-refractivity contribution is 5.04. The van der Waals surface area contributed by atoms with Crippen LogP contribution in [0.5, 0.6) is 0 Å². The lowest BCUT2D eigenvalue weighted by Crippen LogP contribution is -2.29. The molecule has 5 nitrogen and oxygen atoms in total. The molecule has 1 aromatic rings. The first-order chi connectivity index (χ1) is 9.57. The first-order valence-corrected chi connectivity index (χ1v) is 7.72. The van der Waals surface area contributed by atoms with E-state index < -0.39 is 0 Å². The molecule has 5 heteroatoms. The van der Waals surface area contributed by atoms with Crippen LogP contribution in [0.25, 0.3) is 0 Å². The Labute approximate surface area is 121 Å². The Morgan fingerprint density at radius 2 is 1.90 bits per heavy atom. The van der Waals surface area contributed by atoms with E-state index >= 15 is 0 Å². The van der Waals surface area contributed by atoms with Gasteiger partial charge in [0, 0.05) is 7.11 Å². The highest BCUT2D eigenvalue weighted by Crippen LogP contribution is 2.37. The predicted octanol–water partition coefficient (Wildman–Crippen LogP) is 3.31. The molecule has 2 rings (SSSR count). The van der Waals surface area contributed by atoms with E-state index in [9.17, 15) is 0 Å². The van der Waals surface area contributed by atoms with Crippen molar-refractivity contribution in [2.75, 3.05) is 7.11 Å². The second-order valence-electron chi connectivity index (χ2n) is 6.30. The summed E-state index contributed by atoms with van der Waals surface area (Å²) in [5.74, 6) is 1.72. The van der Waals surface area contributed by atoms with Crippen molar-refractivity contribution in [1.29, 1.82) is 0 Å². The van der Waals surface area contributed by atoms with Crippen LogP contribution in [-0.4, -0.2) is 17.3 Å². The minimum absolute atomic E-state index is 0.184. The molecule has 20 heavy (non-hydrogen) atoms. The van der Waals surface area contributed by atoms with Crippen molar-refractivity contribution in [2.45, 2.75) is 70.4 Å². The number of hydrogen-bond acceptors (Lipinski definition) is 5.